The van der Waals surface area contributed by atoms with Crippen LogP contribution in [0.4, 0.5) is 11.4 Å². The van der Waals surface area contributed by atoms with E-state index in [4.69, 9.17) is 5.14 Å². The molecule has 21 heavy (non-hydrogen) atoms. The van der Waals surface area contributed by atoms with Crippen LogP contribution in [0.15, 0.2) is 42.5 Å². The second-order valence-electron chi connectivity index (χ2n) is 5.01. The monoisotopic (exact) mass is 305 g/mol. The van der Waals surface area contributed by atoms with E-state index in [9.17, 15) is 8.42 Å². The van der Waals surface area contributed by atoms with Crippen LogP contribution in [0.25, 0.3) is 0 Å². The van der Waals surface area contributed by atoms with Crippen molar-refractivity contribution < 1.29 is 8.42 Å². The number of nitrogens with one attached hydrogen (secondary N) is 2. The first-order valence-corrected chi connectivity index (χ1v) is 8.09. The largest absolute Gasteiger partial charge is 0.381 e. The summed E-state index contributed by atoms with van der Waals surface area (Å²) in [4.78, 5) is 0. The van der Waals surface area contributed by atoms with E-state index in [1.165, 1.54) is 16.7 Å². The third-order valence-corrected chi connectivity index (χ3v) is 3.63. The highest BCUT2D eigenvalue weighted by atomic mass is 32.2. The van der Waals surface area contributed by atoms with Crippen molar-refractivity contribution in [1.82, 2.24) is 0 Å². The second kappa shape index (κ2) is 6.15. The Balaban J connectivity index is 2.10. The molecule has 0 amide bonds. The maximum Gasteiger partial charge on any atom is 0.296 e. The normalized spacial score (nSPS) is 11.2. The van der Waals surface area contributed by atoms with Gasteiger partial charge in [0.2, 0.25) is 0 Å². The highest BCUT2D eigenvalue weighted by molar-refractivity contribution is 7.90. The molecule has 2 aromatic rings. The first kappa shape index (κ1) is 15.3. The summed E-state index contributed by atoms with van der Waals surface area (Å²) in [7, 11) is -3.75. The third-order valence-electron chi connectivity index (χ3n) is 3.11. The Hall–Kier alpha value is -2.05. The van der Waals surface area contributed by atoms with Gasteiger partial charge in [-0.2, -0.15) is 8.42 Å². The molecule has 0 fully saturated rings. The molecule has 0 bridgehead atoms. The standard InChI is InChI=1S/C15H19N3O2S/c1-11-6-7-12(2)13(8-11)10-17-14-4-3-5-15(9-14)18-21(16,19)20/h3-9,17-18H,10H2,1-2H3,(H2,16,19,20). The number of nitrogens with two attached hydrogens (primary N) is 1. The fourth-order valence-corrected chi connectivity index (χ4v) is 2.50. The Morgan fingerprint density at radius 2 is 1.76 bits per heavy atom. The number of benzene rings is 2. The van der Waals surface area contributed by atoms with Crippen LogP contribution in [0.1, 0.15) is 16.7 Å². The van der Waals surface area contributed by atoms with Crippen molar-refractivity contribution in [2.45, 2.75) is 20.4 Å². The van der Waals surface area contributed by atoms with Gasteiger partial charge in [0, 0.05) is 12.2 Å². The lowest BCUT2D eigenvalue weighted by atomic mass is 10.1. The van der Waals surface area contributed by atoms with Crippen LogP contribution in [0.3, 0.4) is 0 Å². The molecule has 4 N–H and O–H groups in total. The van der Waals surface area contributed by atoms with Gasteiger partial charge in [0.1, 0.15) is 0 Å². The van der Waals surface area contributed by atoms with Crippen LogP contribution < -0.4 is 15.2 Å². The van der Waals surface area contributed by atoms with Gasteiger partial charge in [0.05, 0.1) is 5.69 Å². The molecule has 112 valence electrons. The zero-order valence-electron chi connectivity index (χ0n) is 12.1. The van der Waals surface area contributed by atoms with E-state index in [0.29, 0.717) is 12.2 Å². The molecule has 0 aliphatic heterocycles. The Labute approximate surface area is 125 Å². The molecule has 2 aromatic carbocycles. The maximum atomic E-state index is 11.0. The highest BCUT2D eigenvalue weighted by Gasteiger charge is 2.03. The van der Waals surface area contributed by atoms with Gasteiger partial charge < -0.3 is 5.32 Å². The van der Waals surface area contributed by atoms with Crippen molar-refractivity contribution >= 4 is 21.6 Å². The van der Waals surface area contributed by atoms with Gasteiger partial charge in [-0.3, -0.25) is 4.72 Å². The first-order valence-electron chi connectivity index (χ1n) is 6.54. The Morgan fingerprint density at radius 1 is 1.05 bits per heavy atom. The highest BCUT2D eigenvalue weighted by Crippen LogP contribution is 2.18. The second-order valence-corrected chi connectivity index (χ2v) is 6.31. The van der Waals surface area contributed by atoms with Crippen LogP contribution >= 0.6 is 0 Å². The predicted octanol–water partition coefficient (Wildman–Crippen LogP) is 2.53. The molecule has 6 heteroatoms. The van der Waals surface area contributed by atoms with Gasteiger partial charge in [0.25, 0.3) is 10.2 Å². The lowest BCUT2D eigenvalue weighted by Crippen LogP contribution is -2.21. The number of anilines is 2. The van der Waals surface area contributed by atoms with Gasteiger partial charge in [-0.1, -0.05) is 29.8 Å². The van der Waals surface area contributed by atoms with Gasteiger partial charge >= 0.3 is 0 Å². The number of hydrogen-bond acceptors (Lipinski definition) is 3. The summed E-state index contributed by atoms with van der Waals surface area (Å²) >= 11 is 0. The molecule has 2 rings (SSSR count). The number of rotatable bonds is 5. The average Bonchev–Trinajstić information content (AvgIpc) is 2.38. The molecule has 0 aliphatic carbocycles. The van der Waals surface area contributed by atoms with Gasteiger partial charge in [0.15, 0.2) is 0 Å². The molecule has 0 saturated heterocycles. The van der Waals surface area contributed by atoms with Crippen molar-refractivity contribution in [3.05, 3.63) is 59.2 Å². The van der Waals surface area contributed by atoms with Gasteiger partial charge in [-0.05, 0) is 43.2 Å². The van der Waals surface area contributed by atoms with E-state index < -0.39 is 10.2 Å². The molecule has 5 nitrogen and oxygen atoms in total. The van der Waals surface area contributed by atoms with E-state index in [1.807, 2.05) is 6.07 Å². The topological polar surface area (TPSA) is 84.2 Å². The minimum atomic E-state index is -3.75. The molecular formula is C15H19N3O2S. The van der Waals surface area contributed by atoms with Crippen LogP contribution in [0, 0.1) is 13.8 Å². The van der Waals surface area contributed by atoms with Crippen LogP contribution in [-0.4, -0.2) is 8.42 Å². The molecule has 0 saturated carbocycles. The van der Waals surface area contributed by atoms with Crippen LogP contribution in [0.5, 0.6) is 0 Å². The van der Waals surface area contributed by atoms with Crippen molar-refractivity contribution in [2.75, 3.05) is 10.0 Å². The lowest BCUT2D eigenvalue weighted by Gasteiger charge is -2.11. The number of hydrogen-bond donors (Lipinski definition) is 3. The van der Waals surface area contributed by atoms with Gasteiger partial charge in [-0.15, -0.1) is 0 Å². The van der Waals surface area contributed by atoms with Crippen molar-refractivity contribution in [3.8, 4) is 0 Å². The zero-order valence-corrected chi connectivity index (χ0v) is 12.9. The fourth-order valence-electron chi connectivity index (χ4n) is 2.04. The smallest absolute Gasteiger partial charge is 0.296 e. The summed E-state index contributed by atoms with van der Waals surface area (Å²) in [5.41, 5.74) is 4.89. The summed E-state index contributed by atoms with van der Waals surface area (Å²) in [5, 5.41) is 8.24. The van der Waals surface area contributed by atoms with Crippen molar-refractivity contribution in [1.29, 1.82) is 0 Å². The summed E-state index contributed by atoms with van der Waals surface area (Å²) in [6.07, 6.45) is 0. The Kier molecular flexibility index (Phi) is 4.50. The lowest BCUT2D eigenvalue weighted by molar-refractivity contribution is 0.603. The molecule has 0 atom stereocenters. The molecular weight excluding hydrogens is 286 g/mol. The Bertz CT molecular complexity index is 742. The van der Waals surface area contributed by atoms with Crippen LogP contribution in [-0.2, 0) is 16.8 Å². The average molecular weight is 305 g/mol. The predicted molar refractivity (Wildman–Crippen MR) is 86.4 cm³/mol. The summed E-state index contributed by atoms with van der Waals surface area (Å²) in [6, 6.07) is 13.3. The first-order chi connectivity index (χ1) is 9.83. The molecule has 0 unspecified atom stereocenters. The van der Waals surface area contributed by atoms with E-state index >= 15 is 0 Å². The SMILES string of the molecule is Cc1ccc(C)c(CNc2cccc(NS(N)(=O)=O)c2)c1. The van der Waals surface area contributed by atoms with E-state index in [-0.39, 0.29) is 0 Å². The van der Waals surface area contributed by atoms with Gasteiger partial charge in [-0.25, -0.2) is 5.14 Å². The summed E-state index contributed by atoms with van der Waals surface area (Å²) in [5.74, 6) is 0. The molecule has 0 radical (unpaired) electrons. The maximum absolute atomic E-state index is 11.0. The fraction of sp³-hybridized carbons (Fsp3) is 0.200. The quantitative estimate of drug-likeness (QED) is 0.793. The zero-order chi connectivity index (χ0) is 15.5. The van der Waals surface area contributed by atoms with Crippen molar-refractivity contribution in [3.63, 3.8) is 0 Å². The molecule has 0 aromatic heterocycles. The van der Waals surface area contributed by atoms with E-state index in [0.717, 1.165) is 5.69 Å². The minimum Gasteiger partial charge on any atom is -0.381 e. The third kappa shape index (κ3) is 4.77. The molecule has 0 aliphatic rings. The molecule has 0 spiro atoms. The van der Waals surface area contributed by atoms with Crippen molar-refractivity contribution in [2.24, 2.45) is 5.14 Å². The minimum absolute atomic E-state index is 0.434. The van der Waals surface area contributed by atoms with Crippen LogP contribution in [0.2, 0.25) is 0 Å². The van der Waals surface area contributed by atoms with E-state index in [1.54, 1.807) is 18.2 Å². The summed E-state index contributed by atoms with van der Waals surface area (Å²) < 4.78 is 24.3. The summed E-state index contributed by atoms with van der Waals surface area (Å²) in [6.45, 7) is 4.79. The Morgan fingerprint density at radius 3 is 2.48 bits per heavy atom. The van der Waals surface area contributed by atoms with E-state index in [2.05, 4.69) is 42.1 Å². The molecule has 0 heterocycles. The number of aryl methyl sites for hydroxylation is 2.